The molecule has 0 aliphatic rings. The van der Waals surface area contributed by atoms with Crippen LogP contribution in [0.2, 0.25) is 0 Å². The summed E-state index contributed by atoms with van der Waals surface area (Å²) in [4.78, 5) is 35.2. The zero-order valence-corrected chi connectivity index (χ0v) is 30.8. The molecule has 4 N–H and O–H groups in total. The molecule has 14 nitrogen and oxygen atoms in total. The lowest BCUT2D eigenvalue weighted by atomic mass is 9.71. The van der Waals surface area contributed by atoms with Crippen LogP contribution in [0.1, 0.15) is 43.4 Å². The Bertz CT molecular complexity index is 1610. The monoisotopic (exact) mass is 754 g/mol. The minimum Gasteiger partial charge on any atom is -0.491 e. The molecule has 0 radical (unpaired) electrons. The molecule has 3 rings (SSSR count). The van der Waals surface area contributed by atoms with Gasteiger partial charge in [0, 0.05) is 18.1 Å². The lowest BCUT2D eigenvalue weighted by Crippen LogP contribution is -2.26. The van der Waals surface area contributed by atoms with E-state index in [1.54, 1.807) is 24.3 Å². The van der Waals surface area contributed by atoms with E-state index >= 15 is 0 Å². The number of aliphatic hydroxyl groups excluding tert-OH is 4. The minimum absolute atomic E-state index is 0.0539. The van der Waals surface area contributed by atoms with E-state index in [2.05, 4.69) is 13.5 Å². The molecular formula is C40H50O14. The first-order valence-electron chi connectivity index (χ1n) is 17.3. The third kappa shape index (κ3) is 14.1. The Morgan fingerprint density at radius 1 is 0.611 bits per heavy atom. The van der Waals surface area contributed by atoms with Gasteiger partial charge in [0.2, 0.25) is 0 Å². The Balaban J connectivity index is 1.60. The molecule has 0 bridgehead atoms. The Morgan fingerprint density at radius 3 is 1.41 bits per heavy atom. The number of hydrogen-bond donors (Lipinski definition) is 4. The fourth-order valence-corrected chi connectivity index (χ4v) is 5.02. The molecule has 0 heterocycles. The largest absolute Gasteiger partial charge is 0.491 e. The molecule has 294 valence electrons. The van der Waals surface area contributed by atoms with Crippen LogP contribution in [-0.4, -0.2) is 117 Å². The van der Waals surface area contributed by atoms with E-state index < -0.39 is 48.2 Å². The standard InChI is InChI=1S/C40H50O14/c1-27(2)39(47)50-20-19-49-37(45)17-18-38(46)54-26-33(44)25-53-36-15-9-30(10-16-36)40(3,28-5-11-34(12-6-28)51-23-31(42)21-41)29-7-13-35(14-8-29)52-24-32(43)22-48-4/h5-16,31-33,41-44H,1,17-26H2,2-4H3. The summed E-state index contributed by atoms with van der Waals surface area (Å²) in [5.74, 6) is -0.389. The Hall–Kier alpha value is -4.99. The van der Waals surface area contributed by atoms with Crippen LogP contribution in [0.3, 0.4) is 0 Å². The molecule has 0 saturated carbocycles. The summed E-state index contributed by atoms with van der Waals surface area (Å²) in [5.41, 5.74) is 2.29. The molecule has 0 amide bonds. The number of benzene rings is 3. The van der Waals surface area contributed by atoms with Crippen molar-refractivity contribution in [3.05, 3.63) is 102 Å². The smallest absolute Gasteiger partial charge is 0.333 e. The van der Waals surface area contributed by atoms with E-state index in [-0.39, 0.29) is 64.7 Å². The van der Waals surface area contributed by atoms with E-state index in [1.807, 2.05) is 48.5 Å². The summed E-state index contributed by atoms with van der Waals surface area (Å²) in [6.07, 6.45) is -3.39. The van der Waals surface area contributed by atoms with Gasteiger partial charge in [-0.25, -0.2) is 4.79 Å². The fraction of sp³-hybridized carbons (Fsp3) is 0.425. The van der Waals surface area contributed by atoms with Crippen molar-refractivity contribution < 1.29 is 68.0 Å². The number of carbonyl (C=O) groups is 3. The number of rotatable bonds is 24. The van der Waals surface area contributed by atoms with Crippen LogP contribution in [0, 0.1) is 0 Å². The number of carbonyl (C=O) groups excluding carboxylic acids is 3. The van der Waals surface area contributed by atoms with Crippen molar-refractivity contribution >= 4 is 17.9 Å². The fourth-order valence-electron chi connectivity index (χ4n) is 5.02. The van der Waals surface area contributed by atoms with Crippen LogP contribution in [0.4, 0.5) is 0 Å². The number of esters is 3. The molecule has 0 aliphatic carbocycles. The molecule has 3 aromatic carbocycles. The molecular weight excluding hydrogens is 704 g/mol. The predicted octanol–water partition coefficient (Wildman–Crippen LogP) is 2.88. The topological polar surface area (TPSA) is 197 Å². The first-order valence-corrected chi connectivity index (χ1v) is 17.3. The van der Waals surface area contributed by atoms with E-state index in [1.165, 1.54) is 14.0 Å². The number of hydrogen-bond acceptors (Lipinski definition) is 14. The Morgan fingerprint density at radius 2 is 1.00 bits per heavy atom. The molecule has 0 saturated heterocycles. The lowest BCUT2D eigenvalue weighted by molar-refractivity contribution is -0.154. The van der Waals surface area contributed by atoms with Gasteiger partial charge in [0.15, 0.2) is 0 Å². The van der Waals surface area contributed by atoms with Gasteiger partial charge in [0.1, 0.15) is 75.2 Å². The quantitative estimate of drug-likeness (QED) is 0.0343. The van der Waals surface area contributed by atoms with Crippen molar-refractivity contribution in [3.8, 4) is 17.2 Å². The van der Waals surface area contributed by atoms with Gasteiger partial charge in [0.25, 0.3) is 0 Å². The maximum absolute atomic E-state index is 12.1. The summed E-state index contributed by atoms with van der Waals surface area (Å²) in [7, 11) is 1.50. The van der Waals surface area contributed by atoms with Crippen LogP contribution in [-0.2, 0) is 38.7 Å². The third-order valence-electron chi connectivity index (χ3n) is 8.09. The van der Waals surface area contributed by atoms with Crippen LogP contribution in [0.5, 0.6) is 17.2 Å². The first kappa shape index (κ1) is 43.4. The molecule has 3 aromatic rings. The zero-order chi connectivity index (χ0) is 39.5. The maximum Gasteiger partial charge on any atom is 0.333 e. The molecule has 0 aromatic heterocycles. The van der Waals surface area contributed by atoms with Gasteiger partial charge in [0.05, 0.1) is 26.1 Å². The first-order chi connectivity index (χ1) is 25.8. The highest BCUT2D eigenvalue weighted by molar-refractivity contribution is 5.86. The second-order valence-corrected chi connectivity index (χ2v) is 12.6. The van der Waals surface area contributed by atoms with Crippen LogP contribution >= 0.6 is 0 Å². The normalized spacial score (nSPS) is 13.8. The highest BCUT2D eigenvalue weighted by Crippen LogP contribution is 2.40. The highest BCUT2D eigenvalue weighted by atomic mass is 16.6. The molecule has 4 atom stereocenters. The number of ether oxygens (including phenoxy) is 7. The second-order valence-electron chi connectivity index (χ2n) is 12.6. The van der Waals surface area contributed by atoms with Gasteiger partial charge in [-0.1, -0.05) is 43.0 Å². The second kappa shape index (κ2) is 22.3. The van der Waals surface area contributed by atoms with E-state index in [9.17, 15) is 29.7 Å². The van der Waals surface area contributed by atoms with Gasteiger partial charge in [-0.2, -0.15) is 0 Å². The molecule has 0 fully saturated rings. The van der Waals surface area contributed by atoms with E-state index in [4.69, 9.17) is 38.3 Å². The summed E-state index contributed by atoms with van der Waals surface area (Å²) in [6, 6.07) is 22.3. The van der Waals surface area contributed by atoms with E-state index in [0.29, 0.717) is 17.2 Å². The highest BCUT2D eigenvalue weighted by Gasteiger charge is 2.31. The minimum atomic E-state index is -1.13. The average Bonchev–Trinajstić information content (AvgIpc) is 3.18. The van der Waals surface area contributed by atoms with Crippen molar-refractivity contribution in [2.75, 3.05) is 60.0 Å². The van der Waals surface area contributed by atoms with Gasteiger partial charge >= 0.3 is 17.9 Å². The summed E-state index contributed by atoms with van der Waals surface area (Å²) in [5, 5.41) is 39.1. The SMILES string of the molecule is C=C(C)C(=O)OCCOC(=O)CCC(=O)OCC(O)COc1ccc(C(C)(c2ccc(OCC(O)CO)cc2)c2ccc(OCC(O)COC)cc2)cc1. The number of methoxy groups -OCH3 is 1. The van der Waals surface area contributed by atoms with Crippen LogP contribution < -0.4 is 14.2 Å². The maximum atomic E-state index is 12.1. The van der Waals surface area contributed by atoms with Crippen molar-refractivity contribution in [2.24, 2.45) is 0 Å². The van der Waals surface area contributed by atoms with Crippen molar-refractivity contribution in [1.29, 1.82) is 0 Å². The molecule has 14 heteroatoms. The lowest BCUT2D eigenvalue weighted by Gasteiger charge is -2.32. The van der Waals surface area contributed by atoms with Crippen LogP contribution in [0.15, 0.2) is 84.9 Å². The van der Waals surface area contributed by atoms with Crippen molar-refractivity contribution in [2.45, 2.75) is 50.4 Å². The Labute approximate surface area is 314 Å². The molecule has 54 heavy (non-hydrogen) atoms. The summed E-state index contributed by atoms with van der Waals surface area (Å²) < 4.78 is 36.8. The molecule has 0 aliphatic heterocycles. The average molecular weight is 755 g/mol. The van der Waals surface area contributed by atoms with Crippen molar-refractivity contribution in [1.82, 2.24) is 0 Å². The molecule has 4 unspecified atom stereocenters. The predicted molar refractivity (Wildman–Crippen MR) is 195 cm³/mol. The van der Waals surface area contributed by atoms with Gasteiger partial charge in [-0.05, 0) is 66.9 Å². The van der Waals surface area contributed by atoms with Gasteiger partial charge in [-0.15, -0.1) is 0 Å². The summed E-state index contributed by atoms with van der Waals surface area (Å²) >= 11 is 0. The Kier molecular flexibility index (Phi) is 17.9. The van der Waals surface area contributed by atoms with Crippen LogP contribution in [0.25, 0.3) is 0 Å². The summed E-state index contributed by atoms with van der Waals surface area (Å²) in [6.45, 7) is 5.97. The van der Waals surface area contributed by atoms with Gasteiger partial charge in [-0.3, -0.25) is 9.59 Å². The van der Waals surface area contributed by atoms with Gasteiger partial charge < -0.3 is 53.6 Å². The van der Waals surface area contributed by atoms with E-state index in [0.717, 1.165) is 16.7 Å². The number of aliphatic hydroxyl groups is 4. The zero-order valence-electron chi connectivity index (χ0n) is 30.8. The van der Waals surface area contributed by atoms with Crippen molar-refractivity contribution in [3.63, 3.8) is 0 Å². The molecule has 0 spiro atoms. The third-order valence-corrected chi connectivity index (χ3v) is 8.09.